The first kappa shape index (κ1) is 1380. The van der Waals surface area contributed by atoms with Crippen molar-refractivity contribution in [2.75, 3.05) is 0 Å². The van der Waals surface area contributed by atoms with Crippen LogP contribution < -0.4 is 0 Å². The zero-order valence-electron chi connectivity index (χ0n) is 2.13. The molecule has 0 spiro atoms. The molecule has 0 rings (SSSR count). The molecule has 0 heterocycles. The van der Waals surface area contributed by atoms with Gasteiger partial charge in [0.05, 0.1) is 0 Å². The van der Waals surface area contributed by atoms with Crippen molar-refractivity contribution in [1.82, 2.24) is 0 Å². The Bertz CT molecular complexity index is 3.61. The van der Waals surface area contributed by atoms with E-state index in [4.69, 9.17) is 0 Å². The summed E-state index contributed by atoms with van der Waals surface area (Å²) in [5.41, 5.74) is 0. The van der Waals surface area contributed by atoms with Crippen molar-refractivity contribution in [3.8, 4) is 0 Å². The summed E-state index contributed by atoms with van der Waals surface area (Å²) < 4.78 is 0. The molecule has 0 amide bonds. The summed E-state index contributed by atoms with van der Waals surface area (Å²) in [6.07, 6.45) is 0. The third kappa shape index (κ3) is 316. The molecule has 4 radical (unpaired) electrons. The summed E-state index contributed by atoms with van der Waals surface area (Å²) in [4.78, 5) is 0. The number of halogens is 4. The third-order valence-corrected chi connectivity index (χ3v) is 0. The van der Waals surface area contributed by atoms with Crippen molar-refractivity contribution in [1.29, 1.82) is 0 Å². The molecule has 0 saturated heterocycles. The topological polar surface area (TPSA) is 0 Å². The van der Waals surface area contributed by atoms with Crippen molar-refractivity contribution in [2.45, 2.75) is 0 Å². The van der Waals surface area contributed by atoms with Crippen molar-refractivity contribution in [3.05, 3.63) is 0 Å². The van der Waals surface area contributed by atoms with Gasteiger partial charge in [-0.25, -0.2) is 0 Å². The Balaban J connectivity index is 0. The maximum absolute atomic E-state index is 0. The number of hydrogen-bond donors (Lipinski definition) is 0. The van der Waals surface area contributed by atoms with Crippen LogP contribution in [-0.4, -0.2) is 17.6 Å². The molecule has 5 heavy (non-hydrogen) atoms. The standard InChI is InChI=1S/4FH.Ge/h4*1H;. The van der Waals surface area contributed by atoms with Gasteiger partial charge < -0.3 is 0 Å². The van der Waals surface area contributed by atoms with Gasteiger partial charge >= 0.3 is 0 Å². The predicted molar refractivity (Wildman–Crippen MR) is 15.8 cm³/mol. The van der Waals surface area contributed by atoms with Crippen LogP contribution in [0.4, 0.5) is 18.8 Å². The van der Waals surface area contributed by atoms with Crippen LogP contribution in [0.3, 0.4) is 0 Å². The van der Waals surface area contributed by atoms with E-state index in [1.54, 1.807) is 0 Å². The first-order valence-corrected chi connectivity index (χ1v) is 0. The van der Waals surface area contributed by atoms with E-state index in [-0.39, 0.29) is 36.4 Å². The van der Waals surface area contributed by atoms with Crippen LogP contribution in [0.1, 0.15) is 0 Å². The zero-order chi connectivity index (χ0) is 0. The van der Waals surface area contributed by atoms with E-state index < -0.39 is 0 Å². The molecule has 0 unspecified atom stereocenters. The number of rotatable bonds is 0. The maximum Gasteiger partial charge on any atom is 0 e. The second-order valence-electron chi connectivity index (χ2n) is 0. The third-order valence-electron chi connectivity index (χ3n) is 0. The van der Waals surface area contributed by atoms with Gasteiger partial charge in [0, 0.05) is 17.6 Å². The van der Waals surface area contributed by atoms with Crippen LogP contribution in [0.5, 0.6) is 0 Å². The molecule has 0 aromatic heterocycles. The molecule has 0 aliphatic carbocycles. The molecule has 0 atom stereocenters. The second kappa shape index (κ2) is 657. The Kier molecular flexibility index (Phi) is 182000. The molecule has 36 valence electrons. The molecular formula is H4F4Ge. The minimum Gasteiger partial charge on any atom is -0.269 e. The van der Waals surface area contributed by atoms with Crippen molar-refractivity contribution >= 4 is 17.6 Å². The van der Waals surface area contributed by atoms with Crippen LogP contribution in [0.2, 0.25) is 0 Å². The van der Waals surface area contributed by atoms with E-state index in [9.17, 15) is 0 Å². The summed E-state index contributed by atoms with van der Waals surface area (Å²) in [6, 6.07) is 0. The monoisotopic (exact) mass is 154 g/mol. The Morgan fingerprint density at radius 1 is 0.400 bits per heavy atom. The molecule has 0 aliphatic rings. The van der Waals surface area contributed by atoms with E-state index in [0.29, 0.717) is 0 Å². The summed E-state index contributed by atoms with van der Waals surface area (Å²) in [6.45, 7) is 0. The first-order valence-electron chi connectivity index (χ1n) is 0. The van der Waals surface area contributed by atoms with E-state index >= 15 is 0 Å². The van der Waals surface area contributed by atoms with Crippen LogP contribution in [0.15, 0.2) is 0 Å². The van der Waals surface area contributed by atoms with Crippen LogP contribution in [-0.2, 0) is 0 Å². The van der Waals surface area contributed by atoms with Gasteiger partial charge in [0.2, 0.25) is 0 Å². The molecule has 0 fully saturated rings. The van der Waals surface area contributed by atoms with Gasteiger partial charge in [-0.15, -0.1) is 0 Å². The quantitative estimate of drug-likeness (QED) is 0.345. The first-order chi connectivity index (χ1) is 0. The molecule has 0 aliphatic heterocycles. The van der Waals surface area contributed by atoms with E-state index in [1.165, 1.54) is 0 Å². The van der Waals surface area contributed by atoms with Gasteiger partial charge in [0.15, 0.2) is 0 Å². The molecule has 0 N–H and O–H groups in total. The SMILES string of the molecule is F.F.F.F.[Ge]. The summed E-state index contributed by atoms with van der Waals surface area (Å²) in [5, 5.41) is 0. The van der Waals surface area contributed by atoms with Crippen LogP contribution >= 0.6 is 0 Å². The molecular weight excluding hydrogens is 149 g/mol. The van der Waals surface area contributed by atoms with Crippen LogP contribution in [0, 0.1) is 0 Å². The largest absolute Gasteiger partial charge is 0.269 e. The maximum atomic E-state index is 0. The average Bonchev–Trinajstić information content (AvgIpc) is 0. The van der Waals surface area contributed by atoms with Gasteiger partial charge in [-0.2, -0.15) is 0 Å². The molecule has 0 saturated carbocycles. The molecule has 0 aromatic carbocycles. The summed E-state index contributed by atoms with van der Waals surface area (Å²) >= 11 is 0. The fourth-order valence-corrected chi connectivity index (χ4v) is 0. The smallest absolute Gasteiger partial charge is 0 e. The number of hydrogen-bond acceptors (Lipinski definition) is 0. The average molecular weight is 153 g/mol. The fraction of sp³-hybridized carbons (Fsp3) is 0. The van der Waals surface area contributed by atoms with Gasteiger partial charge in [-0.05, 0) is 0 Å². The van der Waals surface area contributed by atoms with Crippen molar-refractivity contribution < 1.29 is 18.8 Å². The fourth-order valence-electron chi connectivity index (χ4n) is 0. The Hall–Kier alpha value is 0.263. The molecule has 0 nitrogen and oxygen atoms in total. The summed E-state index contributed by atoms with van der Waals surface area (Å²) in [5.74, 6) is 0. The van der Waals surface area contributed by atoms with Crippen molar-refractivity contribution in [3.63, 3.8) is 0 Å². The Labute approximate surface area is 37.4 Å². The van der Waals surface area contributed by atoms with E-state index in [2.05, 4.69) is 0 Å². The van der Waals surface area contributed by atoms with E-state index in [1.807, 2.05) is 0 Å². The molecule has 0 aromatic rings. The van der Waals surface area contributed by atoms with Gasteiger partial charge in [-0.1, -0.05) is 0 Å². The van der Waals surface area contributed by atoms with E-state index in [0.717, 1.165) is 0 Å². The van der Waals surface area contributed by atoms with Gasteiger partial charge in [0.25, 0.3) is 0 Å². The second-order valence-corrected chi connectivity index (χ2v) is 0. The minimum absolute atomic E-state index is 0. The predicted octanol–water partition coefficient (Wildman–Crippen LogP) is 0.229. The molecule has 5 heteroatoms. The minimum atomic E-state index is 0. The summed E-state index contributed by atoms with van der Waals surface area (Å²) in [7, 11) is 0. The zero-order valence-corrected chi connectivity index (χ0v) is 4.23. The van der Waals surface area contributed by atoms with Crippen LogP contribution in [0.25, 0.3) is 0 Å². The van der Waals surface area contributed by atoms with Crippen molar-refractivity contribution in [2.24, 2.45) is 0 Å². The Morgan fingerprint density at radius 3 is 0.400 bits per heavy atom. The normalized spacial score (nSPS) is 0. The molecule has 0 bridgehead atoms. The van der Waals surface area contributed by atoms with Gasteiger partial charge in [0.1, 0.15) is 0 Å². The van der Waals surface area contributed by atoms with Gasteiger partial charge in [-0.3, -0.25) is 18.8 Å². The Morgan fingerprint density at radius 2 is 0.400 bits per heavy atom.